The fraction of sp³-hybridized carbons (Fsp3) is 0.320. The van der Waals surface area contributed by atoms with E-state index in [9.17, 15) is 14.0 Å². The largest absolute Gasteiger partial charge is 0.368 e. The molecular formula is C25H26F2N4O2S. The number of rotatable bonds is 4. The van der Waals surface area contributed by atoms with Crippen molar-refractivity contribution < 1.29 is 18.4 Å². The number of fused-ring (bicyclic) bond motifs is 1. The lowest BCUT2D eigenvalue weighted by atomic mass is 9.87. The van der Waals surface area contributed by atoms with E-state index in [2.05, 4.69) is 0 Å². The monoisotopic (exact) mass is 484 g/mol. The smallest absolute Gasteiger partial charge is 0.238 e. The summed E-state index contributed by atoms with van der Waals surface area (Å²) >= 11 is 1.22. The zero-order chi connectivity index (χ0) is 24.8. The van der Waals surface area contributed by atoms with Crippen LogP contribution >= 0.6 is 11.8 Å². The van der Waals surface area contributed by atoms with Crippen LogP contribution in [0.5, 0.6) is 0 Å². The molecule has 9 heteroatoms. The van der Waals surface area contributed by atoms with E-state index in [0.29, 0.717) is 22.8 Å². The molecule has 178 valence electrons. The van der Waals surface area contributed by atoms with Crippen LogP contribution in [0, 0.1) is 18.6 Å². The minimum absolute atomic E-state index is 0.0131. The first-order valence-electron chi connectivity index (χ1n) is 10.8. The summed E-state index contributed by atoms with van der Waals surface area (Å²) in [5.74, 6) is -2.05. The molecule has 1 aliphatic rings. The Bertz CT molecular complexity index is 1280. The minimum Gasteiger partial charge on any atom is -0.368 e. The molecule has 3 aromatic rings. The molecule has 6 nitrogen and oxygen atoms in total. The number of primary amides is 1. The fourth-order valence-corrected chi connectivity index (χ4v) is 5.35. The summed E-state index contributed by atoms with van der Waals surface area (Å²) in [5.41, 5.74) is 8.21. The van der Waals surface area contributed by atoms with E-state index in [0.717, 1.165) is 11.6 Å². The molecule has 4 rings (SSSR count). The van der Waals surface area contributed by atoms with Crippen LogP contribution in [-0.4, -0.2) is 33.9 Å². The third-order valence-electron chi connectivity index (χ3n) is 5.60. The van der Waals surface area contributed by atoms with E-state index in [1.165, 1.54) is 28.8 Å². The molecule has 0 fully saturated rings. The molecule has 0 spiro atoms. The van der Waals surface area contributed by atoms with Gasteiger partial charge < -0.3 is 5.73 Å². The lowest BCUT2D eigenvalue weighted by Crippen LogP contribution is -2.40. The molecule has 0 saturated carbocycles. The molecule has 0 bridgehead atoms. The standard InChI is InChI=1S/C25H26F2N4O2S/c1-14-6-5-7-16(10-14)31-24-21(23(29-31)25(2,3)4)22(17-9-8-15(26)11-18(17)27)34-13-20(33)30(24)12-19(28)32/h5-11,22H,12-13H2,1-4H3,(H2,28,32). The van der Waals surface area contributed by atoms with Crippen LogP contribution in [0.1, 0.15) is 48.4 Å². The molecular weight excluding hydrogens is 458 g/mol. The SMILES string of the molecule is Cc1cccc(-n2nc(C(C)(C)C)c3c2N(CC(N)=O)C(=O)CSC3c2ccc(F)cc2F)c1. The Morgan fingerprint density at radius 1 is 1.21 bits per heavy atom. The average Bonchev–Trinajstić information content (AvgIpc) is 3.08. The molecule has 2 aromatic carbocycles. The number of thioether (sulfide) groups is 1. The summed E-state index contributed by atoms with van der Waals surface area (Å²) in [7, 11) is 0. The quantitative estimate of drug-likeness (QED) is 0.595. The van der Waals surface area contributed by atoms with Crippen molar-refractivity contribution in [1.29, 1.82) is 0 Å². The highest BCUT2D eigenvalue weighted by Gasteiger charge is 2.40. The summed E-state index contributed by atoms with van der Waals surface area (Å²) in [4.78, 5) is 26.5. The highest BCUT2D eigenvalue weighted by atomic mass is 32.2. The van der Waals surface area contributed by atoms with Crippen LogP contribution in [-0.2, 0) is 15.0 Å². The summed E-state index contributed by atoms with van der Waals surface area (Å²) in [6, 6.07) is 11.0. The van der Waals surface area contributed by atoms with Crippen molar-refractivity contribution in [3.8, 4) is 5.69 Å². The van der Waals surface area contributed by atoms with Gasteiger partial charge in [-0.3, -0.25) is 14.5 Å². The van der Waals surface area contributed by atoms with Crippen molar-refractivity contribution in [2.24, 2.45) is 5.73 Å². The van der Waals surface area contributed by atoms with E-state index < -0.39 is 28.2 Å². The van der Waals surface area contributed by atoms with Gasteiger partial charge in [-0.05, 0) is 30.7 Å². The predicted octanol–water partition coefficient (Wildman–Crippen LogP) is 4.41. The fourth-order valence-electron chi connectivity index (χ4n) is 4.13. The Balaban J connectivity index is 2.09. The second-order valence-corrected chi connectivity index (χ2v) is 10.5. The number of amides is 2. The van der Waals surface area contributed by atoms with Gasteiger partial charge in [0.25, 0.3) is 0 Å². The highest BCUT2D eigenvalue weighted by molar-refractivity contribution is 8.00. The summed E-state index contributed by atoms with van der Waals surface area (Å²) in [6.07, 6.45) is 0. The number of carbonyl (C=O) groups is 2. The minimum atomic E-state index is -0.706. The van der Waals surface area contributed by atoms with Crippen molar-refractivity contribution >= 4 is 29.4 Å². The van der Waals surface area contributed by atoms with Gasteiger partial charge in [-0.25, -0.2) is 13.5 Å². The predicted molar refractivity (Wildman–Crippen MR) is 129 cm³/mol. The van der Waals surface area contributed by atoms with E-state index >= 15 is 4.39 Å². The summed E-state index contributed by atoms with van der Waals surface area (Å²) in [5, 5.41) is 4.24. The van der Waals surface area contributed by atoms with Gasteiger partial charge in [-0.2, -0.15) is 5.10 Å². The molecule has 1 aromatic heterocycles. The second-order valence-electron chi connectivity index (χ2n) is 9.39. The first-order chi connectivity index (χ1) is 16.0. The number of benzene rings is 2. The van der Waals surface area contributed by atoms with Gasteiger partial charge in [0.05, 0.1) is 22.4 Å². The first kappa shape index (κ1) is 23.9. The van der Waals surface area contributed by atoms with Crippen LogP contribution in [0.4, 0.5) is 14.6 Å². The van der Waals surface area contributed by atoms with Crippen LogP contribution in [0.25, 0.3) is 5.69 Å². The first-order valence-corrected chi connectivity index (χ1v) is 11.9. The lowest BCUT2D eigenvalue weighted by Gasteiger charge is -2.24. The Morgan fingerprint density at radius 3 is 2.56 bits per heavy atom. The maximum absolute atomic E-state index is 15.0. The maximum Gasteiger partial charge on any atom is 0.238 e. The Hall–Kier alpha value is -3.20. The molecule has 1 aliphatic heterocycles. The topological polar surface area (TPSA) is 81.2 Å². The average molecular weight is 485 g/mol. The number of carbonyl (C=O) groups excluding carboxylic acids is 2. The number of halogens is 2. The van der Waals surface area contributed by atoms with Crippen LogP contribution < -0.4 is 10.6 Å². The highest BCUT2D eigenvalue weighted by Crippen LogP contribution is 2.48. The summed E-state index contributed by atoms with van der Waals surface area (Å²) in [6.45, 7) is 7.53. The van der Waals surface area contributed by atoms with E-state index in [1.807, 2.05) is 52.0 Å². The van der Waals surface area contributed by atoms with Crippen molar-refractivity contribution in [2.75, 3.05) is 17.2 Å². The van der Waals surface area contributed by atoms with Gasteiger partial charge >= 0.3 is 0 Å². The van der Waals surface area contributed by atoms with Crippen molar-refractivity contribution in [3.05, 3.63) is 76.5 Å². The van der Waals surface area contributed by atoms with Gasteiger partial charge in [0.15, 0.2) is 0 Å². The number of aromatic nitrogens is 2. The van der Waals surface area contributed by atoms with E-state index in [4.69, 9.17) is 10.8 Å². The van der Waals surface area contributed by atoms with Gasteiger partial charge in [0.1, 0.15) is 24.0 Å². The van der Waals surface area contributed by atoms with E-state index in [1.54, 1.807) is 4.68 Å². The van der Waals surface area contributed by atoms with E-state index in [-0.39, 0.29) is 23.8 Å². The number of hydrogen-bond donors (Lipinski definition) is 1. The van der Waals surface area contributed by atoms with Crippen molar-refractivity contribution in [1.82, 2.24) is 9.78 Å². The number of anilines is 1. The summed E-state index contributed by atoms with van der Waals surface area (Å²) < 4.78 is 30.4. The van der Waals surface area contributed by atoms with Crippen LogP contribution in [0.2, 0.25) is 0 Å². The van der Waals surface area contributed by atoms with Crippen LogP contribution in [0.15, 0.2) is 42.5 Å². The maximum atomic E-state index is 15.0. The molecule has 34 heavy (non-hydrogen) atoms. The molecule has 0 aliphatic carbocycles. The number of aryl methyl sites for hydroxylation is 1. The normalized spacial score (nSPS) is 16.4. The van der Waals surface area contributed by atoms with Gasteiger partial charge in [0.2, 0.25) is 11.8 Å². The molecule has 0 radical (unpaired) electrons. The Kier molecular flexibility index (Phi) is 6.24. The zero-order valence-electron chi connectivity index (χ0n) is 19.4. The Labute approximate surface area is 201 Å². The number of nitrogens with two attached hydrogens (primary N) is 1. The van der Waals surface area contributed by atoms with Crippen molar-refractivity contribution in [2.45, 2.75) is 38.4 Å². The molecule has 1 atom stereocenters. The molecule has 1 unspecified atom stereocenters. The van der Waals surface area contributed by atoms with Gasteiger partial charge in [0, 0.05) is 22.6 Å². The zero-order valence-corrected chi connectivity index (χ0v) is 20.2. The molecule has 2 N–H and O–H groups in total. The van der Waals surface area contributed by atoms with Crippen molar-refractivity contribution in [3.63, 3.8) is 0 Å². The second kappa shape index (κ2) is 8.87. The lowest BCUT2D eigenvalue weighted by molar-refractivity contribution is -0.121. The van der Waals surface area contributed by atoms with Crippen LogP contribution in [0.3, 0.4) is 0 Å². The number of nitrogens with zero attached hydrogens (tertiary/aromatic N) is 3. The van der Waals surface area contributed by atoms with Gasteiger partial charge in [-0.15, -0.1) is 11.8 Å². The third-order valence-corrected chi connectivity index (χ3v) is 6.84. The number of hydrogen-bond acceptors (Lipinski definition) is 4. The third kappa shape index (κ3) is 4.44. The molecule has 2 heterocycles. The molecule has 0 saturated heterocycles. The van der Waals surface area contributed by atoms with Gasteiger partial charge in [-0.1, -0.05) is 39.0 Å². The Morgan fingerprint density at radius 2 is 1.94 bits per heavy atom. The molecule has 2 amide bonds.